The van der Waals surface area contributed by atoms with Crippen molar-refractivity contribution in [3.05, 3.63) is 108 Å². The van der Waals surface area contributed by atoms with Crippen LogP contribution in [0.3, 0.4) is 0 Å². The Labute approximate surface area is 178 Å². The standard InChI is InChI=1S/C24H19N3O4/c28-23(18-5-7-19(8-6-18)27-24(29)22-4-2-14-30-22)26-20-9-11-21(12-10-20)31-16-17-3-1-13-25-15-17/h1-15H,16H2,(H,26,28)(H,27,29). The number of rotatable bonds is 7. The summed E-state index contributed by atoms with van der Waals surface area (Å²) in [6, 6.07) is 20.7. The van der Waals surface area contributed by atoms with Gasteiger partial charge in [0.15, 0.2) is 5.76 Å². The Morgan fingerprint density at radius 1 is 0.839 bits per heavy atom. The van der Waals surface area contributed by atoms with Crippen LogP contribution in [0.4, 0.5) is 11.4 Å². The van der Waals surface area contributed by atoms with E-state index in [1.165, 1.54) is 6.26 Å². The summed E-state index contributed by atoms with van der Waals surface area (Å²) in [6.07, 6.45) is 4.90. The third kappa shape index (κ3) is 5.36. The number of pyridine rings is 1. The largest absolute Gasteiger partial charge is 0.489 e. The molecule has 154 valence electrons. The predicted molar refractivity (Wildman–Crippen MR) is 116 cm³/mol. The Kier molecular flexibility index (Phi) is 6.04. The van der Waals surface area contributed by atoms with Crippen LogP contribution in [-0.4, -0.2) is 16.8 Å². The summed E-state index contributed by atoms with van der Waals surface area (Å²) in [7, 11) is 0. The lowest BCUT2D eigenvalue weighted by Gasteiger charge is -2.09. The molecule has 2 N–H and O–H groups in total. The first-order valence-corrected chi connectivity index (χ1v) is 9.55. The highest BCUT2D eigenvalue weighted by Gasteiger charge is 2.10. The summed E-state index contributed by atoms with van der Waals surface area (Å²) in [5.41, 5.74) is 2.65. The van der Waals surface area contributed by atoms with Crippen molar-refractivity contribution in [3.63, 3.8) is 0 Å². The van der Waals surface area contributed by atoms with Crippen LogP contribution >= 0.6 is 0 Å². The minimum atomic E-state index is -0.354. The third-order valence-corrected chi connectivity index (χ3v) is 4.39. The molecule has 31 heavy (non-hydrogen) atoms. The number of nitrogens with one attached hydrogen (secondary N) is 2. The molecule has 2 aromatic heterocycles. The molecule has 4 aromatic rings. The molecular formula is C24H19N3O4. The molecule has 0 radical (unpaired) electrons. The number of carbonyl (C=O) groups is 2. The van der Waals surface area contributed by atoms with Crippen LogP contribution in [0, 0.1) is 0 Å². The van der Waals surface area contributed by atoms with Gasteiger partial charge in [-0.1, -0.05) is 6.07 Å². The van der Waals surface area contributed by atoms with E-state index in [1.54, 1.807) is 73.1 Å². The molecule has 7 nitrogen and oxygen atoms in total. The fourth-order valence-electron chi connectivity index (χ4n) is 2.79. The molecule has 0 spiro atoms. The van der Waals surface area contributed by atoms with Gasteiger partial charge in [0.1, 0.15) is 12.4 Å². The molecule has 2 amide bonds. The minimum absolute atomic E-state index is 0.217. The smallest absolute Gasteiger partial charge is 0.291 e. The molecule has 0 unspecified atom stereocenters. The number of aromatic nitrogens is 1. The second-order valence-corrected chi connectivity index (χ2v) is 6.64. The highest BCUT2D eigenvalue weighted by atomic mass is 16.5. The number of hydrogen-bond donors (Lipinski definition) is 2. The van der Waals surface area contributed by atoms with Crippen molar-refractivity contribution in [2.24, 2.45) is 0 Å². The Morgan fingerprint density at radius 2 is 1.55 bits per heavy atom. The van der Waals surface area contributed by atoms with Crippen LogP contribution in [0.15, 0.2) is 95.9 Å². The zero-order chi connectivity index (χ0) is 21.5. The molecular weight excluding hydrogens is 394 g/mol. The average molecular weight is 413 g/mol. The van der Waals surface area contributed by atoms with E-state index in [0.29, 0.717) is 29.3 Å². The van der Waals surface area contributed by atoms with Crippen LogP contribution in [0.1, 0.15) is 26.5 Å². The van der Waals surface area contributed by atoms with Crippen molar-refractivity contribution in [1.29, 1.82) is 0 Å². The normalized spacial score (nSPS) is 10.3. The van der Waals surface area contributed by atoms with Crippen LogP contribution in [-0.2, 0) is 6.61 Å². The first kappa shape index (κ1) is 19.9. The number of nitrogens with zero attached hydrogens (tertiary/aromatic N) is 1. The average Bonchev–Trinajstić information content (AvgIpc) is 3.35. The van der Waals surface area contributed by atoms with E-state index in [2.05, 4.69) is 15.6 Å². The summed E-state index contributed by atoms with van der Waals surface area (Å²) in [5, 5.41) is 5.54. The Bertz CT molecular complexity index is 1140. The van der Waals surface area contributed by atoms with Gasteiger partial charge in [-0.25, -0.2) is 0 Å². The van der Waals surface area contributed by atoms with Gasteiger partial charge in [0, 0.05) is 34.9 Å². The van der Waals surface area contributed by atoms with Crippen molar-refractivity contribution in [2.45, 2.75) is 6.61 Å². The van der Waals surface area contributed by atoms with E-state index in [0.717, 1.165) is 5.56 Å². The van der Waals surface area contributed by atoms with Crippen molar-refractivity contribution in [2.75, 3.05) is 10.6 Å². The molecule has 0 aliphatic carbocycles. The third-order valence-electron chi connectivity index (χ3n) is 4.39. The Morgan fingerprint density at radius 3 is 2.19 bits per heavy atom. The van der Waals surface area contributed by atoms with Crippen molar-refractivity contribution < 1.29 is 18.7 Å². The summed E-state index contributed by atoms with van der Waals surface area (Å²) in [5.74, 6) is 0.300. The van der Waals surface area contributed by atoms with E-state index < -0.39 is 0 Å². The molecule has 0 aliphatic heterocycles. The first-order valence-electron chi connectivity index (χ1n) is 9.55. The number of ether oxygens (including phenoxy) is 1. The zero-order valence-corrected chi connectivity index (χ0v) is 16.4. The van der Waals surface area contributed by atoms with Crippen LogP contribution in [0.2, 0.25) is 0 Å². The Balaban J connectivity index is 1.31. The maximum absolute atomic E-state index is 12.5. The number of amides is 2. The van der Waals surface area contributed by atoms with E-state index in [-0.39, 0.29) is 17.6 Å². The van der Waals surface area contributed by atoms with Gasteiger partial charge in [0.25, 0.3) is 11.8 Å². The molecule has 2 heterocycles. The van der Waals surface area contributed by atoms with Gasteiger partial charge in [-0.15, -0.1) is 0 Å². The fourth-order valence-corrected chi connectivity index (χ4v) is 2.79. The van der Waals surface area contributed by atoms with Gasteiger partial charge >= 0.3 is 0 Å². The molecule has 0 saturated carbocycles. The van der Waals surface area contributed by atoms with Crippen LogP contribution in [0.5, 0.6) is 5.75 Å². The van der Waals surface area contributed by atoms with Gasteiger partial charge in [0.2, 0.25) is 0 Å². The molecule has 0 saturated heterocycles. The maximum atomic E-state index is 12.5. The molecule has 0 aliphatic rings. The van der Waals surface area contributed by atoms with E-state index in [4.69, 9.17) is 9.15 Å². The van der Waals surface area contributed by atoms with Gasteiger partial charge in [-0.05, 0) is 66.7 Å². The first-order chi connectivity index (χ1) is 15.2. The predicted octanol–water partition coefficient (Wildman–Crippen LogP) is 4.76. The number of furan rings is 1. The molecule has 0 atom stereocenters. The van der Waals surface area contributed by atoms with Crippen molar-refractivity contribution >= 4 is 23.2 Å². The molecule has 0 bridgehead atoms. The summed E-state index contributed by atoms with van der Waals surface area (Å²) in [4.78, 5) is 28.5. The van der Waals surface area contributed by atoms with Crippen molar-refractivity contribution in [1.82, 2.24) is 4.98 Å². The van der Waals surface area contributed by atoms with Gasteiger partial charge < -0.3 is 19.8 Å². The number of carbonyl (C=O) groups excluding carboxylic acids is 2. The highest BCUT2D eigenvalue weighted by molar-refractivity contribution is 6.05. The minimum Gasteiger partial charge on any atom is -0.489 e. The van der Waals surface area contributed by atoms with Gasteiger partial charge in [0.05, 0.1) is 6.26 Å². The van der Waals surface area contributed by atoms with Crippen molar-refractivity contribution in [3.8, 4) is 5.75 Å². The van der Waals surface area contributed by atoms with E-state index in [1.807, 2.05) is 12.1 Å². The zero-order valence-electron chi connectivity index (χ0n) is 16.4. The number of anilines is 2. The molecule has 4 rings (SSSR count). The second kappa shape index (κ2) is 9.41. The SMILES string of the molecule is O=C(Nc1ccc(OCc2cccnc2)cc1)c1ccc(NC(=O)c2ccco2)cc1. The Hall–Kier alpha value is -4.39. The molecule has 0 fully saturated rings. The highest BCUT2D eigenvalue weighted by Crippen LogP contribution is 2.18. The topological polar surface area (TPSA) is 93.5 Å². The summed E-state index contributed by atoms with van der Waals surface area (Å²) in [6.45, 7) is 0.419. The van der Waals surface area contributed by atoms with Gasteiger partial charge in [-0.2, -0.15) is 0 Å². The quantitative estimate of drug-likeness (QED) is 0.456. The lowest BCUT2D eigenvalue weighted by Crippen LogP contribution is -2.13. The monoisotopic (exact) mass is 413 g/mol. The van der Waals surface area contributed by atoms with E-state index in [9.17, 15) is 9.59 Å². The lowest BCUT2D eigenvalue weighted by atomic mass is 10.2. The lowest BCUT2D eigenvalue weighted by molar-refractivity contribution is 0.0995. The fraction of sp³-hybridized carbons (Fsp3) is 0.0417. The summed E-state index contributed by atoms with van der Waals surface area (Å²) < 4.78 is 10.8. The number of benzene rings is 2. The van der Waals surface area contributed by atoms with Gasteiger partial charge in [-0.3, -0.25) is 14.6 Å². The molecule has 2 aromatic carbocycles. The van der Waals surface area contributed by atoms with E-state index >= 15 is 0 Å². The van der Waals surface area contributed by atoms with Crippen LogP contribution in [0.25, 0.3) is 0 Å². The maximum Gasteiger partial charge on any atom is 0.291 e. The van der Waals surface area contributed by atoms with Crippen LogP contribution < -0.4 is 15.4 Å². The second-order valence-electron chi connectivity index (χ2n) is 6.64. The molecule has 7 heteroatoms. The summed E-state index contributed by atoms with van der Waals surface area (Å²) >= 11 is 0. The number of hydrogen-bond acceptors (Lipinski definition) is 5.